The summed E-state index contributed by atoms with van der Waals surface area (Å²) in [5.74, 6) is 0.557. The van der Waals surface area contributed by atoms with Gasteiger partial charge in [0.05, 0.1) is 6.04 Å². The number of aromatic amines is 1. The highest BCUT2D eigenvalue weighted by Crippen LogP contribution is 2.17. The van der Waals surface area contributed by atoms with Gasteiger partial charge in [-0.05, 0) is 24.0 Å². The molecule has 0 unspecified atom stereocenters. The van der Waals surface area contributed by atoms with Gasteiger partial charge < -0.3 is 10.6 Å². The van der Waals surface area contributed by atoms with Gasteiger partial charge in [0.25, 0.3) is 0 Å². The van der Waals surface area contributed by atoms with E-state index in [1.54, 1.807) is 0 Å². The van der Waals surface area contributed by atoms with Crippen LogP contribution in [0, 0.1) is 0 Å². The minimum absolute atomic E-state index is 0.0337. The molecule has 0 bridgehead atoms. The molecule has 3 N–H and O–H groups in total. The smallest absolute Gasteiger partial charge is 0.243 e. The zero-order chi connectivity index (χ0) is 13.9. The third-order valence-corrected chi connectivity index (χ3v) is 3.66. The predicted octanol–water partition coefficient (Wildman–Crippen LogP) is 1.63. The van der Waals surface area contributed by atoms with Crippen molar-refractivity contribution >= 4 is 11.7 Å². The second-order valence-electron chi connectivity index (χ2n) is 5.03. The molecule has 1 amide bonds. The number of aromatic nitrogens is 2. The molecule has 0 fully saturated rings. The van der Waals surface area contributed by atoms with E-state index < -0.39 is 0 Å². The van der Waals surface area contributed by atoms with Gasteiger partial charge in [0.1, 0.15) is 0 Å². The normalized spacial score (nSPS) is 17.6. The molecule has 5 nitrogen and oxygen atoms in total. The largest absolute Gasteiger partial charge is 0.308 e. The van der Waals surface area contributed by atoms with Crippen LogP contribution < -0.4 is 10.6 Å². The lowest BCUT2D eigenvalue weighted by Gasteiger charge is -2.24. The minimum atomic E-state index is -0.202. The Morgan fingerprint density at radius 3 is 2.95 bits per heavy atom. The molecule has 1 aliphatic heterocycles. The van der Waals surface area contributed by atoms with Crippen LogP contribution >= 0.6 is 0 Å². The topological polar surface area (TPSA) is 69.8 Å². The number of aryl methyl sites for hydroxylation is 1. The van der Waals surface area contributed by atoms with Crippen LogP contribution in [0.1, 0.15) is 23.7 Å². The molecule has 104 valence electrons. The Labute approximate surface area is 117 Å². The summed E-state index contributed by atoms with van der Waals surface area (Å²) >= 11 is 0. The number of carbonyl (C=O) groups is 1. The van der Waals surface area contributed by atoms with Crippen LogP contribution in [0.2, 0.25) is 0 Å². The number of benzene rings is 1. The average molecular weight is 270 g/mol. The number of anilines is 1. The van der Waals surface area contributed by atoms with Crippen LogP contribution in [-0.2, 0) is 24.2 Å². The van der Waals surface area contributed by atoms with E-state index in [9.17, 15) is 4.79 Å². The molecule has 0 saturated carbocycles. The Balaban J connectivity index is 1.67. The second kappa shape index (κ2) is 5.46. The lowest BCUT2D eigenvalue weighted by atomic mass is 9.95. The first-order chi connectivity index (χ1) is 9.76. The predicted molar refractivity (Wildman–Crippen MR) is 77.4 cm³/mol. The maximum atomic E-state index is 12.2. The van der Waals surface area contributed by atoms with Gasteiger partial charge in [-0.15, -0.1) is 0 Å². The zero-order valence-corrected chi connectivity index (χ0v) is 11.4. The number of hydrogen-bond acceptors (Lipinski definition) is 3. The highest BCUT2D eigenvalue weighted by Gasteiger charge is 2.24. The van der Waals surface area contributed by atoms with E-state index in [2.05, 4.69) is 33.0 Å². The summed E-state index contributed by atoms with van der Waals surface area (Å²) in [5.41, 5.74) is 3.52. The highest BCUT2D eigenvalue weighted by molar-refractivity contribution is 5.94. The quantitative estimate of drug-likeness (QED) is 0.794. The number of amides is 1. The van der Waals surface area contributed by atoms with Crippen molar-refractivity contribution in [1.29, 1.82) is 0 Å². The Morgan fingerprint density at radius 2 is 2.20 bits per heavy atom. The number of carbonyl (C=O) groups excluding carboxylic acids is 1. The Hall–Kier alpha value is -2.14. The molecule has 2 aromatic rings. The SMILES string of the molecule is CCc1cc(NC(=O)[C@H]2Cc3ccccc3CN2)n[nH]1. The summed E-state index contributed by atoms with van der Waals surface area (Å²) in [6.07, 6.45) is 1.59. The number of rotatable bonds is 3. The van der Waals surface area contributed by atoms with E-state index in [0.29, 0.717) is 12.2 Å². The first-order valence-corrected chi connectivity index (χ1v) is 6.91. The molecule has 1 aromatic carbocycles. The molecule has 0 spiro atoms. The first-order valence-electron chi connectivity index (χ1n) is 6.91. The molecule has 0 saturated heterocycles. The monoisotopic (exact) mass is 270 g/mol. The number of H-pyrrole nitrogens is 1. The average Bonchev–Trinajstić information content (AvgIpc) is 2.94. The van der Waals surface area contributed by atoms with Crippen LogP contribution in [-0.4, -0.2) is 22.1 Å². The van der Waals surface area contributed by atoms with Gasteiger partial charge in [-0.25, -0.2) is 0 Å². The number of nitrogens with one attached hydrogen (secondary N) is 3. The number of nitrogens with zero attached hydrogens (tertiary/aromatic N) is 1. The summed E-state index contributed by atoms with van der Waals surface area (Å²) in [5, 5.41) is 13.1. The molecule has 1 atom stereocenters. The lowest BCUT2D eigenvalue weighted by molar-refractivity contribution is -0.118. The molecule has 2 heterocycles. The van der Waals surface area contributed by atoms with Gasteiger partial charge in [-0.1, -0.05) is 31.2 Å². The van der Waals surface area contributed by atoms with Gasteiger partial charge in [-0.3, -0.25) is 9.89 Å². The van der Waals surface area contributed by atoms with E-state index in [4.69, 9.17) is 0 Å². The van der Waals surface area contributed by atoms with Gasteiger partial charge in [0, 0.05) is 18.3 Å². The molecular formula is C15H18N4O. The molecule has 1 aliphatic rings. The van der Waals surface area contributed by atoms with Gasteiger partial charge >= 0.3 is 0 Å². The van der Waals surface area contributed by atoms with Crippen molar-refractivity contribution in [1.82, 2.24) is 15.5 Å². The molecule has 5 heteroatoms. The molecule has 1 aromatic heterocycles. The van der Waals surface area contributed by atoms with Crippen molar-refractivity contribution in [2.24, 2.45) is 0 Å². The Morgan fingerprint density at radius 1 is 1.40 bits per heavy atom. The van der Waals surface area contributed by atoms with Crippen LogP contribution in [0.15, 0.2) is 30.3 Å². The second-order valence-corrected chi connectivity index (χ2v) is 5.03. The van der Waals surface area contributed by atoms with Crippen molar-refractivity contribution in [2.75, 3.05) is 5.32 Å². The Bertz CT molecular complexity index is 620. The fraction of sp³-hybridized carbons (Fsp3) is 0.333. The lowest BCUT2D eigenvalue weighted by Crippen LogP contribution is -2.44. The third-order valence-electron chi connectivity index (χ3n) is 3.66. The van der Waals surface area contributed by atoms with E-state index in [-0.39, 0.29) is 11.9 Å². The fourth-order valence-electron chi connectivity index (χ4n) is 2.46. The molecule has 0 aliphatic carbocycles. The maximum absolute atomic E-state index is 12.2. The summed E-state index contributed by atoms with van der Waals surface area (Å²) in [6.45, 7) is 2.77. The van der Waals surface area contributed by atoms with Crippen molar-refractivity contribution in [3.63, 3.8) is 0 Å². The summed E-state index contributed by atoms with van der Waals surface area (Å²) in [6, 6.07) is 9.88. The van der Waals surface area contributed by atoms with E-state index in [0.717, 1.165) is 18.7 Å². The van der Waals surface area contributed by atoms with Gasteiger partial charge in [0.2, 0.25) is 5.91 Å². The summed E-state index contributed by atoms with van der Waals surface area (Å²) in [7, 11) is 0. The fourth-order valence-corrected chi connectivity index (χ4v) is 2.46. The number of hydrogen-bond donors (Lipinski definition) is 3. The van der Waals surface area contributed by atoms with Gasteiger partial charge in [0.15, 0.2) is 5.82 Å². The van der Waals surface area contributed by atoms with Crippen LogP contribution in [0.4, 0.5) is 5.82 Å². The van der Waals surface area contributed by atoms with E-state index in [1.165, 1.54) is 11.1 Å². The van der Waals surface area contributed by atoms with Gasteiger partial charge in [-0.2, -0.15) is 5.10 Å². The summed E-state index contributed by atoms with van der Waals surface area (Å²) < 4.78 is 0. The van der Waals surface area contributed by atoms with Crippen molar-refractivity contribution in [2.45, 2.75) is 32.4 Å². The van der Waals surface area contributed by atoms with Crippen LogP contribution in [0.3, 0.4) is 0 Å². The summed E-state index contributed by atoms with van der Waals surface area (Å²) in [4.78, 5) is 12.2. The van der Waals surface area contributed by atoms with E-state index >= 15 is 0 Å². The Kier molecular flexibility index (Phi) is 3.52. The van der Waals surface area contributed by atoms with Crippen LogP contribution in [0.5, 0.6) is 0 Å². The number of fused-ring (bicyclic) bond motifs is 1. The van der Waals surface area contributed by atoms with Crippen molar-refractivity contribution < 1.29 is 4.79 Å². The molecule has 0 radical (unpaired) electrons. The van der Waals surface area contributed by atoms with Crippen molar-refractivity contribution in [3.05, 3.63) is 47.2 Å². The van der Waals surface area contributed by atoms with Crippen LogP contribution in [0.25, 0.3) is 0 Å². The first kappa shape index (κ1) is 12.9. The third kappa shape index (κ3) is 2.58. The highest BCUT2D eigenvalue weighted by atomic mass is 16.2. The van der Waals surface area contributed by atoms with E-state index in [1.807, 2.05) is 25.1 Å². The minimum Gasteiger partial charge on any atom is -0.308 e. The standard InChI is InChI=1S/C15H18N4O/c1-2-12-8-14(19-18-12)17-15(20)13-7-10-5-3-4-6-11(10)9-16-13/h3-6,8,13,16H,2,7,9H2,1H3,(H2,17,18,19,20)/t13-/m1/s1. The zero-order valence-electron chi connectivity index (χ0n) is 11.4. The molecule has 3 rings (SSSR count). The molecular weight excluding hydrogens is 252 g/mol. The molecule has 20 heavy (non-hydrogen) atoms. The van der Waals surface area contributed by atoms with Crippen molar-refractivity contribution in [3.8, 4) is 0 Å². The maximum Gasteiger partial charge on any atom is 0.243 e.